The van der Waals surface area contributed by atoms with Crippen molar-refractivity contribution < 1.29 is 19.1 Å². The first-order chi connectivity index (χ1) is 19.8. The van der Waals surface area contributed by atoms with Crippen LogP contribution in [-0.4, -0.2) is 103 Å². The highest BCUT2D eigenvalue weighted by Gasteiger charge is 2.46. The molecule has 6 rings (SSSR count). The SMILES string of the molecule is CCC1CN(C)C2=C(N[C@@](N)(Nc3cc4ccn(C(=O)CN5CCOCC5)c4cc3OC)NC2=O)N1C1CCCC1. The van der Waals surface area contributed by atoms with Crippen LogP contribution in [-0.2, 0) is 9.53 Å². The number of hydrogen-bond acceptors (Lipinski definition) is 10. The van der Waals surface area contributed by atoms with Crippen molar-refractivity contribution in [2.24, 2.45) is 5.73 Å². The molecule has 2 aromatic rings. The topological polar surface area (TPSA) is 129 Å². The molecule has 1 aromatic carbocycles. The van der Waals surface area contributed by atoms with Gasteiger partial charge in [0.05, 0.1) is 38.1 Å². The third-order valence-electron chi connectivity index (χ3n) is 8.85. The second-order valence-corrected chi connectivity index (χ2v) is 11.6. The Morgan fingerprint density at radius 3 is 2.68 bits per heavy atom. The smallest absolute Gasteiger partial charge is 0.275 e. The molecule has 1 unspecified atom stereocenters. The van der Waals surface area contributed by atoms with Crippen molar-refractivity contribution in [2.45, 2.75) is 57.0 Å². The quantitative estimate of drug-likeness (QED) is 0.366. The van der Waals surface area contributed by atoms with Crippen LogP contribution in [0.15, 0.2) is 35.9 Å². The zero-order valence-corrected chi connectivity index (χ0v) is 24.2. The molecule has 2 fully saturated rings. The second-order valence-electron chi connectivity index (χ2n) is 11.6. The molecule has 12 heteroatoms. The average Bonchev–Trinajstić information content (AvgIpc) is 3.62. The molecule has 12 nitrogen and oxygen atoms in total. The van der Waals surface area contributed by atoms with Crippen LogP contribution in [0.25, 0.3) is 10.9 Å². The third-order valence-corrected chi connectivity index (χ3v) is 8.85. The summed E-state index contributed by atoms with van der Waals surface area (Å²) < 4.78 is 12.8. The van der Waals surface area contributed by atoms with Crippen LogP contribution in [0, 0.1) is 0 Å². The van der Waals surface area contributed by atoms with Gasteiger partial charge in [0.1, 0.15) is 17.3 Å². The number of likely N-dealkylation sites (N-methyl/N-ethyl adjacent to an activating group) is 1. The molecular weight excluding hydrogens is 524 g/mol. The number of anilines is 1. The summed E-state index contributed by atoms with van der Waals surface area (Å²) in [4.78, 5) is 33.2. The zero-order valence-electron chi connectivity index (χ0n) is 24.2. The number of carbonyl (C=O) groups is 2. The van der Waals surface area contributed by atoms with E-state index < -0.39 is 5.91 Å². The number of morpholine rings is 1. The van der Waals surface area contributed by atoms with Gasteiger partial charge in [-0.15, -0.1) is 0 Å². The fourth-order valence-corrected chi connectivity index (χ4v) is 6.78. The Morgan fingerprint density at radius 2 is 1.98 bits per heavy atom. The number of aromatic nitrogens is 1. The molecule has 1 saturated carbocycles. The summed E-state index contributed by atoms with van der Waals surface area (Å²) in [6.45, 7) is 6.06. The molecule has 4 heterocycles. The normalized spacial score (nSPS) is 25.8. The first-order valence-corrected chi connectivity index (χ1v) is 14.7. The van der Waals surface area contributed by atoms with Gasteiger partial charge in [0, 0.05) is 56.4 Å². The summed E-state index contributed by atoms with van der Waals surface area (Å²) in [5.74, 6) is -0.416. The second kappa shape index (κ2) is 11.1. The summed E-state index contributed by atoms with van der Waals surface area (Å²) in [6.07, 6.45) is 7.36. The fourth-order valence-electron chi connectivity index (χ4n) is 6.78. The number of carbonyl (C=O) groups excluding carboxylic acids is 2. The van der Waals surface area contributed by atoms with Gasteiger partial charge < -0.3 is 29.9 Å². The van der Waals surface area contributed by atoms with E-state index in [2.05, 4.69) is 32.7 Å². The summed E-state index contributed by atoms with van der Waals surface area (Å²) in [6, 6.07) is 6.29. The zero-order chi connectivity index (χ0) is 28.7. The Hall–Kier alpha value is -3.48. The van der Waals surface area contributed by atoms with Crippen LogP contribution >= 0.6 is 0 Å². The van der Waals surface area contributed by atoms with E-state index in [0.717, 1.165) is 55.6 Å². The van der Waals surface area contributed by atoms with E-state index in [0.29, 0.717) is 42.9 Å². The molecule has 2 atom stereocenters. The van der Waals surface area contributed by atoms with Gasteiger partial charge in [0.2, 0.25) is 11.8 Å². The predicted molar refractivity (Wildman–Crippen MR) is 156 cm³/mol. The number of nitrogens with zero attached hydrogens (tertiary/aromatic N) is 4. The van der Waals surface area contributed by atoms with E-state index in [1.165, 1.54) is 12.8 Å². The van der Waals surface area contributed by atoms with Gasteiger partial charge in [-0.1, -0.05) is 19.8 Å². The van der Waals surface area contributed by atoms with Gasteiger partial charge >= 0.3 is 0 Å². The largest absolute Gasteiger partial charge is 0.495 e. The van der Waals surface area contributed by atoms with Crippen LogP contribution in [0.5, 0.6) is 5.75 Å². The summed E-state index contributed by atoms with van der Waals surface area (Å²) in [7, 11) is 3.54. The molecular formula is C29H42N8O4. The number of methoxy groups -OCH3 is 1. The highest BCUT2D eigenvalue weighted by Crippen LogP contribution is 2.36. The van der Waals surface area contributed by atoms with Gasteiger partial charge in [-0.3, -0.25) is 30.1 Å². The monoisotopic (exact) mass is 566 g/mol. The number of amides is 1. The van der Waals surface area contributed by atoms with Crippen molar-refractivity contribution in [3.63, 3.8) is 0 Å². The first-order valence-electron chi connectivity index (χ1n) is 14.7. The lowest BCUT2D eigenvalue weighted by molar-refractivity contribution is -0.123. The Labute approximate surface area is 240 Å². The Morgan fingerprint density at radius 1 is 1.22 bits per heavy atom. The molecule has 222 valence electrons. The molecule has 1 aromatic heterocycles. The molecule has 0 bridgehead atoms. The third kappa shape index (κ3) is 5.20. The molecule has 3 aliphatic heterocycles. The lowest BCUT2D eigenvalue weighted by Crippen LogP contribution is -2.76. The van der Waals surface area contributed by atoms with E-state index in [9.17, 15) is 9.59 Å². The van der Waals surface area contributed by atoms with Crippen molar-refractivity contribution in [1.82, 2.24) is 29.9 Å². The number of benzene rings is 1. The van der Waals surface area contributed by atoms with Gasteiger partial charge in [-0.2, -0.15) is 0 Å². The minimum Gasteiger partial charge on any atom is -0.495 e. The molecule has 1 amide bonds. The number of fused-ring (bicyclic) bond motifs is 1. The van der Waals surface area contributed by atoms with E-state index in [4.69, 9.17) is 15.2 Å². The first kappa shape index (κ1) is 27.7. The van der Waals surface area contributed by atoms with Gasteiger partial charge in [0.25, 0.3) is 5.91 Å². The summed E-state index contributed by atoms with van der Waals surface area (Å²) >= 11 is 0. The van der Waals surface area contributed by atoms with E-state index in [1.54, 1.807) is 17.9 Å². The number of nitrogens with one attached hydrogen (secondary N) is 3. The maximum absolute atomic E-state index is 13.5. The van der Waals surface area contributed by atoms with Crippen LogP contribution < -0.4 is 26.4 Å². The Kier molecular flexibility index (Phi) is 7.47. The van der Waals surface area contributed by atoms with Crippen LogP contribution in [0.1, 0.15) is 43.8 Å². The van der Waals surface area contributed by atoms with Crippen molar-refractivity contribution >= 4 is 28.4 Å². The highest BCUT2D eigenvalue weighted by molar-refractivity contribution is 5.97. The van der Waals surface area contributed by atoms with E-state index in [-0.39, 0.29) is 17.9 Å². The van der Waals surface area contributed by atoms with Crippen molar-refractivity contribution in [3.8, 4) is 5.75 Å². The van der Waals surface area contributed by atoms with Crippen molar-refractivity contribution in [1.29, 1.82) is 0 Å². The minimum atomic E-state index is -1.46. The highest BCUT2D eigenvalue weighted by atomic mass is 16.5. The lowest BCUT2D eigenvalue weighted by Gasteiger charge is -2.52. The van der Waals surface area contributed by atoms with Crippen molar-refractivity contribution in [2.75, 3.05) is 58.9 Å². The number of hydrogen-bond donors (Lipinski definition) is 4. The molecule has 41 heavy (non-hydrogen) atoms. The average molecular weight is 567 g/mol. The number of ether oxygens (including phenoxy) is 2. The molecule has 1 aliphatic carbocycles. The van der Waals surface area contributed by atoms with Gasteiger partial charge in [-0.05, 0) is 31.4 Å². The minimum absolute atomic E-state index is 0.0143. The molecule has 1 saturated heterocycles. The lowest BCUT2D eigenvalue weighted by atomic mass is 10.0. The van der Waals surface area contributed by atoms with Crippen LogP contribution in [0.2, 0.25) is 0 Å². The molecule has 5 N–H and O–H groups in total. The molecule has 0 radical (unpaired) electrons. The predicted octanol–water partition coefficient (Wildman–Crippen LogP) is 1.46. The van der Waals surface area contributed by atoms with E-state index >= 15 is 0 Å². The Balaban J connectivity index is 1.28. The summed E-state index contributed by atoms with van der Waals surface area (Å²) in [5.41, 5.74) is 8.80. The maximum Gasteiger partial charge on any atom is 0.275 e. The van der Waals surface area contributed by atoms with Crippen LogP contribution in [0.4, 0.5) is 5.69 Å². The molecule has 0 spiro atoms. The standard InChI is InChI=1S/C29H42N8O4/c1-4-20-17-34(2)26-27(37(20)21-7-5-6-8-21)32-29(30,33-28(26)39)31-22-15-19-9-10-36(23(19)16-24(22)40-3)25(38)18-35-11-13-41-14-12-35/h9-10,15-16,20-21,31-32H,4-8,11-14,17-18,30H2,1-3H3,(H,33,39)/t20?,29-/m1/s1. The van der Waals surface area contributed by atoms with Crippen LogP contribution in [0.3, 0.4) is 0 Å². The number of nitrogens with two attached hydrogens (primary N) is 1. The number of rotatable bonds is 7. The van der Waals surface area contributed by atoms with Gasteiger partial charge in [-0.25, -0.2) is 0 Å². The van der Waals surface area contributed by atoms with E-state index in [1.807, 2.05) is 30.1 Å². The summed E-state index contributed by atoms with van der Waals surface area (Å²) in [5, 5.41) is 10.6. The fraction of sp³-hybridized carbons (Fsp3) is 0.586. The Bertz CT molecular complexity index is 1350. The maximum atomic E-state index is 13.5. The van der Waals surface area contributed by atoms with Crippen molar-refractivity contribution in [3.05, 3.63) is 35.9 Å². The van der Waals surface area contributed by atoms with Gasteiger partial charge in [0.15, 0.2) is 0 Å². The molecule has 4 aliphatic rings.